The first-order valence-electron chi connectivity index (χ1n) is 5.67. The summed E-state index contributed by atoms with van der Waals surface area (Å²) in [6.45, 7) is 2.09. The molecular formula is C16H15N. The molecule has 1 heteroatoms. The topological polar surface area (TPSA) is 12.4 Å². The quantitative estimate of drug-likeness (QED) is 0.681. The molecule has 0 saturated carbocycles. The Morgan fingerprint density at radius 3 is 2.29 bits per heavy atom. The van der Waals surface area contributed by atoms with Crippen LogP contribution in [-0.4, -0.2) is 6.21 Å². The molecule has 0 aliphatic heterocycles. The third-order valence-corrected chi connectivity index (χ3v) is 2.43. The highest BCUT2D eigenvalue weighted by Crippen LogP contribution is 2.09. The Hall–Kier alpha value is -2.15. The molecule has 0 bridgehead atoms. The molecule has 0 aliphatic carbocycles. The Labute approximate surface area is 102 Å². The van der Waals surface area contributed by atoms with E-state index in [4.69, 9.17) is 0 Å². The molecule has 0 saturated heterocycles. The first-order chi connectivity index (χ1) is 8.34. The predicted octanol–water partition coefficient (Wildman–Crippen LogP) is 4.41. The van der Waals surface area contributed by atoms with Crippen LogP contribution < -0.4 is 0 Å². The van der Waals surface area contributed by atoms with Crippen molar-refractivity contribution in [2.45, 2.75) is 6.92 Å². The summed E-state index contributed by atoms with van der Waals surface area (Å²) in [5.74, 6) is 0. The van der Waals surface area contributed by atoms with E-state index in [9.17, 15) is 0 Å². The van der Waals surface area contributed by atoms with Crippen molar-refractivity contribution >= 4 is 18.0 Å². The van der Waals surface area contributed by atoms with Gasteiger partial charge in [-0.25, -0.2) is 0 Å². The van der Waals surface area contributed by atoms with E-state index < -0.39 is 0 Å². The van der Waals surface area contributed by atoms with Crippen LogP contribution in [0.5, 0.6) is 0 Å². The van der Waals surface area contributed by atoms with Gasteiger partial charge in [0, 0.05) is 6.21 Å². The van der Waals surface area contributed by atoms with Gasteiger partial charge in [0.05, 0.1) is 5.69 Å². The van der Waals surface area contributed by atoms with Crippen molar-refractivity contribution in [1.82, 2.24) is 0 Å². The van der Waals surface area contributed by atoms with Gasteiger partial charge in [-0.15, -0.1) is 0 Å². The maximum Gasteiger partial charge on any atom is 0.0629 e. The summed E-state index contributed by atoms with van der Waals surface area (Å²) >= 11 is 0. The van der Waals surface area contributed by atoms with Crippen LogP contribution in [0.3, 0.4) is 0 Å². The molecule has 0 N–H and O–H groups in total. The van der Waals surface area contributed by atoms with Gasteiger partial charge in [-0.3, -0.25) is 4.99 Å². The molecule has 1 nitrogen and oxygen atoms in total. The summed E-state index contributed by atoms with van der Waals surface area (Å²) < 4.78 is 0. The molecular weight excluding hydrogens is 206 g/mol. The number of aryl methyl sites for hydroxylation is 1. The third-order valence-electron chi connectivity index (χ3n) is 2.43. The van der Waals surface area contributed by atoms with Gasteiger partial charge < -0.3 is 0 Å². The van der Waals surface area contributed by atoms with Gasteiger partial charge in [0.1, 0.15) is 0 Å². The minimum Gasteiger partial charge on any atom is -0.257 e. The fraction of sp³-hybridized carbons (Fsp3) is 0.0625. The lowest BCUT2D eigenvalue weighted by molar-refractivity contribution is 1.46. The molecule has 0 aromatic heterocycles. The van der Waals surface area contributed by atoms with E-state index in [1.165, 1.54) is 11.1 Å². The maximum absolute atomic E-state index is 4.33. The third kappa shape index (κ3) is 3.72. The van der Waals surface area contributed by atoms with Crippen molar-refractivity contribution in [3.05, 3.63) is 71.8 Å². The first-order valence-corrected chi connectivity index (χ1v) is 5.67. The zero-order valence-electron chi connectivity index (χ0n) is 9.88. The van der Waals surface area contributed by atoms with E-state index in [-0.39, 0.29) is 0 Å². The van der Waals surface area contributed by atoms with Crippen molar-refractivity contribution in [2.75, 3.05) is 0 Å². The maximum atomic E-state index is 4.33. The van der Waals surface area contributed by atoms with Crippen LogP contribution in [0.4, 0.5) is 5.69 Å². The van der Waals surface area contributed by atoms with E-state index in [1.807, 2.05) is 48.7 Å². The van der Waals surface area contributed by atoms with E-state index in [2.05, 4.69) is 36.2 Å². The Balaban J connectivity index is 1.98. The molecule has 0 radical (unpaired) electrons. The van der Waals surface area contributed by atoms with Gasteiger partial charge in [0.2, 0.25) is 0 Å². The molecule has 0 fully saturated rings. The highest BCUT2D eigenvalue weighted by Gasteiger charge is 1.85. The zero-order valence-corrected chi connectivity index (χ0v) is 9.88. The van der Waals surface area contributed by atoms with E-state index in [1.54, 1.807) is 0 Å². The van der Waals surface area contributed by atoms with Crippen LogP contribution in [-0.2, 0) is 0 Å². The van der Waals surface area contributed by atoms with Crippen LogP contribution >= 0.6 is 0 Å². The Morgan fingerprint density at radius 2 is 1.59 bits per heavy atom. The Bertz CT molecular complexity index is 507. The molecule has 0 aliphatic rings. The second kappa shape index (κ2) is 5.80. The van der Waals surface area contributed by atoms with Crippen LogP contribution in [0.2, 0.25) is 0 Å². The number of benzene rings is 2. The van der Waals surface area contributed by atoms with Crippen molar-refractivity contribution in [2.24, 2.45) is 4.99 Å². The van der Waals surface area contributed by atoms with Gasteiger partial charge in [-0.2, -0.15) is 0 Å². The van der Waals surface area contributed by atoms with E-state index in [0.717, 1.165) is 5.69 Å². The number of hydrogen-bond donors (Lipinski definition) is 0. The summed E-state index contributed by atoms with van der Waals surface area (Å²) in [5.41, 5.74) is 3.44. The van der Waals surface area contributed by atoms with Crippen molar-refractivity contribution in [3.8, 4) is 0 Å². The largest absolute Gasteiger partial charge is 0.257 e. The van der Waals surface area contributed by atoms with E-state index in [0.29, 0.717) is 0 Å². The van der Waals surface area contributed by atoms with E-state index >= 15 is 0 Å². The SMILES string of the molecule is Cc1ccc(/C=C/C=Nc2ccccc2)cc1. The van der Waals surface area contributed by atoms with Crippen molar-refractivity contribution in [1.29, 1.82) is 0 Å². The fourth-order valence-electron chi connectivity index (χ4n) is 1.47. The molecule has 0 atom stereocenters. The number of allylic oxidation sites excluding steroid dienone is 1. The number of nitrogens with zero attached hydrogens (tertiary/aromatic N) is 1. The van der Waals surface area contributed by atoms with Gasteiger partial charge in [0.25, 0.3) is 0 Å². The van der Waals surface area contributed by atoms with Crippen LogP contribution in [0.25, 0.3) is 6.08 Å². The number of aliphatic imine (C=N–C) groups is 1. The molecule has 0 unspecified atom stereocenters. The summed E-state index contributed by atoms with van der Waals surface area (Å²) in [4.78, 5) is 4.33. The standard InChI is InChI=1S/C16H15N/c1-14-9-11-15(12-10-14)6-5-13-17-16-7-3-2-4-8-16/h2-13H,1H3/b6-5+,17-13?. The van der Waals surface area contributed by atoms with Crippen LogP contribution in [0.1, 0.15) is 11.1 Å². The molecule has 17 heavy (non-hydrogen) atoms. The Morgan fingerprint density at radius 1 is 0.882 bits per heavy atom. The summed E-state index contributed by atoms with van der Waals surface area (Å²) in [5, 5.41) is 0. The van der Waals surface area contributed by atoms with Crippen molar-refractivity contribution in [3.63, 3.8) is 0 Å². The van der Waals surface area contributed by atoms with Gasteiger partial charge >= 0.3 is 0 Å². The fourth-order valence-corrected chi connectivity index (χ4v) is 1.47. The average Bonchev–Trinajstić information content (AvgIpc) is 2.38. The molecule has 2 aromatic rings. The van der Waals surface area contributed by atoms with Crippen LogP contribution in [0, 0.1) is 6.92 Å². The van der Waals surface area contributed by atoms with Crippen molar-refractivity contribution < 1.29 is 0 Å². The molecule has 2 aromatic carbocycles. The zero-order chi connectivity index (χ0) is 11.9. The lowest BCUT2D eigenvalue weighted by Gasteiger charge is -1.93. The second-order valence-corrected chi connectivity index (χ2v) is 3.88. The minimum absolute atomic E-state index is 0.973. The highest BCUT2D eigenvalue weighted by atomic mass is 14.7. The number of para-hydroxylation sites is 1. The minimum atomic E-state index is 0.973. The molecule has 0 amide bonds. The smallest absolute Gasteiger partial charge is 0.0629 e. The second-order valence-electron chi connectivity index (χ2n) is 3.88. The molecule has 0 heterocycles. The number of rotatable bonds is 3. The predicted molar refractivity (Wildman–Crippen MR) is 74.8 cm³/mol. The average molecular weight is 221 g/mol. The first kappa shape index (κ1) is 11.3. The lowest BCUT2D eigenvalue weighted by atomic mass is 10.1. The highest BCUT2D eigenvalue weighted by molar-refractivity contribution is 5.80. The lowest BCUT2D eigenvalue weighted by Crippen LogP contribution is -1.73. The van der Waals surface area contributed by atoms with Gasteiger partial charge in [0.15, 0.2) is 0 Å². The van der Waals surface area contributed by atoms with Gasteiger partial charge in [-0.1, -0.05) is 54.1 Å². The molecule has 84 valence electrons. The summed E-state index contributed by atoms with van der Waals surface area (Å²) in [6.07, 6.45) is 5.82. The van der Waals surface area contributed by atoms with Crippen LogP contribution in [0.15, 0.2) is 65.7 Å². The molecule has 2 rings (SSSR count). The normalized spacial score (nSPS) is 11.4. The summed E-state index contributed by atoms with van der Waals surface area (Å²) in [7, 11) is 0. The Kier molecular flexibility index (Phi) is 3.87. The van der Waals surface area contributed by atoms with Gasteiger partial charge in [-0.05, 0) is 30.7 Å². The summed E-state index contributed by atoms with van der Waals surface area (Å²) in [6, 6.07) is 18.3. The monoisotopic (exact) mass is 221 g/mol. The number of hydrogen-bond acceptors (Lipinski definition) is 1. The molecule has 0 spiro atoms.